The number of hydrogen-bond donors (Lipinski definition) is 2. The van der Waals surface area contributed by atoms with Crippen molar-refractivity contribution in [1.82, 2.24) is 25.5 Å². The third-order valence-electron chi connectivity index (χ3n) is 4.57. The van der Waals surface area contributed by atoms with Gasteiger partial charge in [0.05, 0.1) is 24.3 Å². The SMILES string of the molecule is CCOc1ncccc1-c1nnc(CNC(=O)c2cc(C(=O)c3c(F)cc(F)cc3F)c[nH]2)s1. The van der Waals surface area contributed by atoms with Gasteiger partial charge < -0.3 is 15.0 Å². The summed E-state index contributed by atoms with van der Waals surface area (Å²) in [7, 11) is 0. The van der Waals surface area contributed by atoms with Crippen LogP contribution < -0.4 is 10.1 Å². The fraction of sp³-hybridized carbons (Fsp3) is 0.136. The van der Waals surface area contributed by atoms with Crippen molar-refractivity contribution in [1.29, 1.82) is 0 Å². The number of carbonyl (C=O) groups excluding carboxylic acids is 2. The number of rotatable bonds is 8. The molecule has 1 amide bonds. The molecule has 12 heteroatoms. The molecule has 0 saturated carbocycles. The molecular weight excluding hydrogens is 471 g/mol. The zero-order valence-electron chi connectivity index (χ0n) is 17.6. The maximum Gasteiger partial charge on any atom is 0.268 e. The summed E-state index contributed by atoms with van der Waals surface area (Å²) in [6.07, 6.45) is 2.74. The molecule has 3 heterocycles. The van der Waals surface area contributed by atoms with Gasteiger partial charge in [-0.3, -0.25) is 9.59 Å². The number of carbonyl (C=O) groups is 2. The Hall–Kier alpha value is -4.06. The second-order valence-corrected chi connectivity index (χ2v) is 7.91. The zero-order chi connectivity index (χ0) is 24.2. The second kappa shape index (κ2) is 9.83. The topological polar surface area (TPSA) is 110 Å². The summed E-state index contributed by atoms with van der Waals surface area (Å²) in [5.74, 6) is -4.98. The third kappa shape index (κ3) is 4.81. The van der Waals surface area contributed by atoms with Crippen LogP contribution in [-0.2, 0) is 6.54 Å². The maximum atomic E-state index is 13.9. The molecule has 0 unspecified atom stereocenters. The van der Waals surface area contributed by atoms with Gasteiger partial charge in [-0.05, 0) is 25.1 Å². The Morgan fingerprint density at radius 2 is 1.91 bits per heavy atom. The minimum Gasteiger partial charge on any atom is -0.477 e. The van der Waals surface area contributed by atoms with Crippen molar-refractivity contribution < 1.29 is 27.5 Å². The van der Waals surface area contributed by atoms with Gasteiger partial charge in [0.15, 0.2) is 10.8 Å². The molecule has 4 rings (SSSR count). The van der Waals surface area contributed by atoms with E-state index >= 15 is 0 Å². The highest BCUT2D eigenvalue weighted by Crippen LogP contribution is 2.30. The van der Waals surface area contributed by atoms with E-state index in [1.807, 2.05) is 6.92 Å². The van der Waals surface area contributed by atoms with E-state index in [0.29, 0.717) is 40.2 Å². The average Bonchev–Trinajstić information content (AvgIpc) is 3.48. The molecule has 1 aromatic carbocycles. The highest BCUT2D eigenvalue weighted by Gasteiger charge is 2.22. The fourth-order valence-electron chi connectivity index (χ4n) is 3.05. The van der Waals surface area contributed by atoms with E-state index in [4.69, 9.17) is 4.74 Å². The molecule has 8 nitrogen and oxygen atoms in total. The van der Waals surface area contributed by atoms with E-state index in [1.54, 1.807) is 18.3 Å². The molecule has 0 saturated heterocycles. The number of pyridine rings is 1. The molecule has 34 heavy (non-hydrogen) atoms. The quantitative estimate of drug-likeness (QED) is 0.365. The number of nitrogens with zero attached hydrogens (tertiary/aromatic N) is 3. The number of hydrogen-bond acceptors (Lipinski definition) is 7. The molecule has 174 valence electrons. The minimum absolute atomic E-state index is 0.0121. The average molecular weight is 487 g/mol. The third-order valence-corrected chi connectivity index (χ3v) is 5.53. The normalized spacial score (nSPS) is 10.8. The van der Waals surface area contributed by atoms with E-state index in [2.05, 4.69) is 25.5 Å². The lowest BCUT2D eigenvalue weighted by Gasteiger charge is -2.05. The number of ketones is 1. The van der Waals surface area contributed by atoms with Gasteiger partial charge in [-0.2, -0.15) is 0 Å². The Bertz CT molecular complexity index is 1350. The number of halogens is 3. The summed E-state index contributed by atoms with van der Waals surface area (Å²) in [6.45, 7) is 2.32. The highest BCUT2D eigenvalue weighted by molar-refractivity contribution is 7.14. The maximum absolute atomic E-state index is 13.9. The van der Waals surface area contributed by atoms with E-state index in [9.17, 15) is 22.8 Å². The summed E-state index contributed by atoms with van der Waals surface area (Å²) in [4.78, 5) is 31.7. The number of aromatic amines is 1. The van der Waals surface area contributed by atoms with E-state index in [1.165, 1.54) is 11.3 Å². The summed E-state index contributed by atoms with van der Waals surface area (Å²) < 4.78 is 46.4. The van der Waals surface area contributed by atoms with Crippen LogP contribution in [0.2, 0.25) is 0 Å². The van der Waals surface area contributed by atoms with Crippen LogP contribution in [0.25, 0.3) is 10.6 Å². The van der Waals surface area contributed by atoms with Crippen molar-refractivity contribution in [2.24, 2.45) is 0 Å². The van der Waals surface area contributed by atoms with Crippen LogP contribution in [0.1, 0.15) is 38.3 Å². The predicted molar refractivity (Wildman–Crippen MR) is 116 cm³/mol. The van der Waals surface area contributed by atoms with Gasteiger partial charge in [0.2, 0.25) is 5.88 Å². The van der Waals surface area contributed by atoms with Crippen molar-refractivity contribution >= 4 is 23.0 Å². The minimum atomic E-state index is -1.33. The van der Waals surface area contributed by atoms with Crippen LogP contribution in [-0.4, -0.2) is 38.5 Å². The van der Waals surface area contributed by atoms with Gasteiger partial charge >= 0.3 is 0 Å². The van der Waals surface area contributed by atoms with Crippen LogP contribution in [0, 0.1) is 17.5 Å². The number of amides is 1. The van der Waals surface area contributed by atoms with E-state index < -0.39 is 34.7 Å². The lowest BCUT2D eigenvalue weighted by atomic mass is 10.0. The van der Waals surface area contributed by atoms with Gasteiger partial charge in [0.25, 0.3) is 5.91 Å². The lowest BCUT2D eigenvalue weighted by Crippen LogP contribution is -2.23. The molecule has 0 spiro atoms. The van der Waals surface area contributed by atoms with Gasteiger partial charge in [-0.1, -0.05) is 11.3 Å². The van der Waals surface area contributed by atoms with Crippen LogP contribution in [0.5, 0.6) is 5.88 Å². The number of H-pyrrole nitrogens is 1. The van der Waals surface area contributed by atoms with Crippen LogP contribution in [0.15, 0.2) is 42.7 Å². The number of ether oxygens (including phenoxy) is 1. The summed E-state index contributed by atoms with van der Waals surface area (Å²) in [6, 6.07) is 5.51. The molecule has 0 atom stereocenters. The van der Waals surface area contributed by atoms with Crippen LogP contribution >= 0.6 is 11.3 Å². The lowest BCUT2D eigenvalue weighted by molar-refractivity contribution is 0.0946. The molecule has 4 aromatic rings. The molecule has 2 N–H and O–H groups in total. The summed E-state index contributed by atoms with van der Waals surface area (Å²) >= 11 is 1.24. The Morgan fingerprint density at radius 1 is 1.15 bits per heavy atom. The predicted octanol–water partition coefficient (Wildman–Crippen LogP) is 3.91. The smallest absolute Gasteiger partial charge is 0.268 e. The molecule has 0 aliphatic rings. The molecule has 3 aromatic heterocycles. The number of benzene rings is 1. The first kappa shape index (κ1) is 23.1. The fourth-order valence-corrected chi connectivity index (χ4v) is 3.85. The summed E-state index contributed by atoms with van der Waals surface area (Å²) in [5.41, 5.74) is -0.405. The van der Waals surface area contributed by atoms with Crippen molar-refractivity contribution in [3.63, 3.8) is 0 Å². The van der Waals surface area contributed by atoms with Crippen molar-refractivity contribution in [3.8, 4) is 16.5 Å². The van der Waals surface area contributed by atoms with Crippen molar-refractivity contribution in [2.75, 3.05) is 6.61 Å². The Balaban J connectivity index is 1.43. The standard InChI is InChI=1S/C22H16F3N5O3S/c1-2-33-21-13(4-3-5-26-21)22-30-29-17(34-22)10-28-20(32)16-6-11(9-27-16)19(31)18-14(24)7-12(23)8-15(18)25/h3-9,27H,2,10H2,1H3,(H,28,32). The van der Waals surface area contributed by atoms with Crippen LogP contribution in [0.4, 0.5) is 13.2 Å². The van der Waals surface area contributed by atoms with Gasteiger partial charge in [0.1, 0.15) is 28.2 Å². The zero-order valence-corrected chi connectivity index (χ0v) is 18.4. The Morgan fingerprint density at radius 3 is 2.65 bits per heavy atom. The first-order valence-corrected chi connectivity index (χ1v) is 10.8. The van der Waals surface area contributed by atoms with Gasteiger partial charge in [0, 0.05) is 30.1 Å². The molecule has 0 radical (unpaired) electrons. The first-order valence-electron chi connectivity index (χ1n) is 9.93. The largest absolute Gasteiger partial charge is 0.477 e. The Labute approximate surface area is 194 Å². The van der Waals surface area contributed by atoms with Gasteiger partial charge in [-0.25, -0.2) is 18.2 Å². The number of nitrogens with one attached hydrogen (secondary N) is 2. The van der Waals surface area contributed by atoms with E-state index in [0.717, 1.165) is 12.3 Å². The number of aromatic nitrogens is 4. The first-order chi connectivity index (χ1) is 16.4. The molecule has 0 fully saturated rings. The molecule has 0 bridgehead atoms. The molecule has 0 aliphatic heterocycles. The van der Waals surface area contributed by atoms with Crippen molar-refractivity contribution in [3.05, 3.63) is 82.0 Å². The molecular formula is C22H16F3N5O3S. The molecule has 0 aliphatic carbocycles. The second-order valence-electron chi connectivity index (χ2n) is 6.85. The van der Waals surface area contributed by atoms with Crippen molar-refractivity contribution in [2.45, 2.75) is 13.5 Å². The van der Waals surface area contributed by atoms with E-state index in [-0.39, 0.29) is 17.8 Å². The Kier molecular flexibility index (Phi) is 6.68. The monoisotopic (exact) mass is 487 g/mol. The van der Waals surface area contributed by atoms with Crippen LogP contribution in [0.3, 0.4) is 0 Å². The highest BCUT2D eigenvalue weighted by atomic mass is 32.1. The van der Waals surface area contributed by atoms with Gasteiger partial charge in [-0.15, -0.1) is 10.2 Å². The summed E-state index contributed by atoms with van der Waals surface area (Å²) in [5, 5.41) is 11.9.